The van der Waals surface area contributed by atoms with Crippen LogP contribution in [0.25, 0.3) is 95.0 Å². The number of aromatic nitrogens is 4. The van der Waals surface area contributed by atoms with Crippen LogP contribution >= 0.6 is 0 Å². The van der Waals surface area contributed by atoms with E-state index in [0.717, 1.165) is 72.5 Å². The Hall–Kier alpha value is -7.57. The van der Waals surface area contributed by atoms with Crippen LogP contribution in [-0.4, -0.2) is 19.5 Å². The first-order valence-corrected chi connectivity index (χ1v) is 18.7. The summed E-state index contributed by atoms with van der Waals surface area (Å²) in [5.74, 6) is 0.223. The summed E-state index contributed by atoms with van der Waals surface area (Å²) < 4.78 is 31.8. The van der Waals surface area contributed by atoms with E-state index in [9.17, 15) is 8.78 Å². The second-order valence-electron chi connectivity index (χ2n) is 14.0. The van der Waals surface area contributed by atoms with Gasteiger partial charge in [0.05, 0.1) is 16.7 Å². The largest absolute Gasteiger partial charge is 0.308 e. The fourth-order valence-electron chi connectivity index (χ4n) is 7.63. The van der Waals surface area contributed by atoms with Crippen molar-refractivity contribution >= 4 is 21.8 Å². The highest BCUT2D eigenvalue weighted by atomic mass is 19.1. The second-order valence-corrected chi connectivity index (χ2v) is 14.0. The van der Waals surface area contributed by atoms with E-state index in [-0.39, 0.29) is 0 Å². The summed E-state index contributed by atoms with van der Waals surface area (Å²) >= 11 is 0. The summed E-state index contributed by atoms with van der Waals surface area (Å²) in [6.07, 6.45) is 0. The molecule has 0 saturated carbocycles. The summed E-state index contributed by atoms with van der Waals surface area (Å²) in [6, 6.07) is 62.8. The van der Waals surface area contributed by atoms with Crippen molar-refractivity contribution in [2.45, 2.75) is 0 Å². The Kier molecular flexibility index (Phi) is 8.49. The van der Waals surface area contributed by atoms with Gasteiger partial charge in [0.15, 0.2) is 17.5 Å². The zero-order valence-corrected chi connectivity index (χ0v) is 30.5. The molecule has 0 saturated heterocycles. The third kappa shape index (κ3) is 6.43. The fraction of sp³-hybridized carbons (Fsp3) is 0. The fourth-order valence-corrected chi connectivity index (χ4v) is 7.63. The highest BCUT2D eigenvalue weighted by molar-refractivity contribution is 6.11. The molecule has 10 rings (SSSR count). The van der Waals surface area contributed by atoms with Crippen LogP contribution in [0.1, 0.15) is 0 Å². The molecule has 4 nitrogen and oxygen atoms in total. The van der Waals surface area contributed by atoms with Crippen LogP contribution in [-0.2, 0) is 0 Å². The van der Waals surface area contributed by atoms with Crippen molar-refractivity contribution in [3.8, 4) is 73.2 Å². The lowest BCUT2D eigenvalue weighted by Gasteiger charge is -2.17. The van der Waals surface area contributed by atoms with Gasteiger partial charge in [0, 0.05) is 33.5 Å². The molecule has 57 heavy (non-hydrogen) atoms. The molecular formula is C51H32F2N4. The van der Waals surface area contributed by atoms with Gasteiger partial charge < -0.3 is 4.57 Å². The molecule has 0 atom stereocenters. The highest BCUT2D eigenvalue weighted by Crippen LogP contribution is 2.41. The van der Waals surface area contributed by atoms with Gasteiger partial charge in [-0.25, -0.2) is 23.7 Å². The molecule has 0 bridgehead atoms. The molecule has 2 heterocycles. The number of hydrogen-bond acceptors (Lipinski definition) is 3. The van der Waals surface area contributed by atoms with E-state index in [4.69, 9.17) is 15.0 Å². The molecule has 0 amide bonds. The molecular weight excluding hydrogens is 707 g/mol. The first kappa shape index (κ1) is 34.0. The molecule has 0 unspecified atom stereocenters. The Bertz CT molecular complexity index is 2900. The van der Waals surface area contributed by atoms with E-state index in [0.29, 0.717) is 28.6 Å². The predicted octanol–water partition coefficient (Wildman–Crippen LogP) is 13.2. The number of nitrogens with zero attached hydrogens (tertiary/aromatic N) is 4. The summed E-state index contributed by atoms with van der Waals surface area (Å²) in [6.45, 7) is 0. The maximum Gasteiger partial charge on any atom is 0.166 e. The summed E-state index contributed by atoms with van der Waals surface area (Å²) in [4.78, 5) is 15.2. The number of benzene rings is 8. The number of halogens is 2. The normalized spacial score (nSPS) is 11.3. The molecule has 0 N–H and O–H groups in total. The third-order valence-corrected chi connectivity index (χ3v) is 10.4. The lowest BCUT2D eigenvalue weighted by Crippen LogP contribution is -2.04. The SMILES string of the molecule is Fc1cc(F)cc(-c2ccc(-c3nc(-c4ccccc4)nc(-c4ccccc4)n3)c(-n3c4cc(-c5ccccc5)ccc4c4ccc(-c5ccccc5)cc43)c2)c1. The Morgan fingerprint density at radius 1 is 0.316 bits per heavy atom. The molecule has 0 aliphatic heterocycles. The van der Waals surface area contributed by atoms with Gasteiger partial charge in [0.25, 0.3) is 0 Å². The van der Waals surface area contributed by atoms with Crippen LogP contribution in [0.3, 0.4) is 0 Å². The van der Waals surface area contributed by atoms with E-state index < -0.39 is 11.6 Å². The van der Waals surface area contributed by atoms with E-state index in [2.05, 4.69) is 65.2 Å². The lowest BCUT2D eigenvalue weighted by molar-refractivity contribution is 0.584. The summed E-state index contributed by atoms with van der Waals surface area (Å²) in [7, 11) is 0. The van der Waals surface area contributed by atoms with Crippen LogP contribution in [0, 0.1) is 11.6 Å². The van der Waals surface area contributed by atoms with Gasteiger partial charge in [-0.05, 0) is 69.8 Å². The van der Waals surface area contributed by atoms with Crippen molar-refractivity contribution < 1.29 is 8.78 Å². The monoisotopic (exact) mass is 738 g/mol. The van der Waals surface area contributed by atoms with Gasteiger partial charge >= 0.3 is 0 Å². The minimum absolute atomic E-state index is 0.418. The Morgan fingerprint density at radius 2 is 0.719 bits per heavy atom. The Morgan fingerprint density at radius 3 is 1.19 bits per heavy atom. The quantitative estimate of drug-likeness (QED) is 0.164. The number of rotatable bonds is 7. The van der Waals surface area contributed by atoms with Crippen LogP contribution in [0.2, 0.25) is 0 Å². The van der Waals surface area contributed by atoms with Gasteiger partial charge in [-0.3, -0.25) is 0 Å². The van der Waals surface area contributed by atoms with Crippen LogP contribution < -0.4 is 0 Å². The van der Waals surface area contributed by atoms with Gasteiger partial charge in [-0.1, -0.05) is 152 Å². The maximum absolute atomic E-state index is 14.8. The minimum atomic E-state index is -0.648. The average molecular weight is 739 g/mol. The topological polar surface area (TPSA) is 43.6 Å². The van der Waals surface area contributed by atoms with E-state index in [1.807, 2.05) is 115 Å². The first-order valence-electron chi connectivity index (χ1n) is 18.7. The molecule has 2 aromatic heterocycles. The average Bonchev–Trinajstić information content (AvgIpc) is 3.59. The molecule has 0 radical (unpaired) electrons. The number of hydrogen-bond donors (Lipinski definition) is 0. The molecule has 8 aromatic carbocycles. The predicted molar refractivity (Wildman–Crippen MR) is 227 cm³/mol. The molecule has 6 heteroatoms. The maximum atomic E-state index is 14.8. The van der Waals surface area contributed by atoms with Crippen molar-refractivity contribution in [3.63, 3.8) is 0 Å². The van der Waals surface area contributed by atoms with Crippen molar-refractivity contribution in [2.24, 2.45) is 0 Å². The van der Waals surface area contributed by atoms with Gasteiger partial charge in [0.2, 0.25) is 0 Å². The lowest BCUT2D eigenvalue weighted by atomic mass is 10.0. The van der Waals surface area contributed by atoms with E-state index >= 15 is 0 Å². The van der Waals surface area contributed by atoms with E-state index in [1.165, 1.54) is 12.1 Å². The highest BCUT2D eigenvalue weighted by Gasteiger charge is 2.22. The molecule has 0 aliphatic carbocycles. The smallest absolute Gasteiger partial charge is 0.166 e. The van der Waals surface area contributed by atoms with Crippen molar-refractivity contribution in [1.29, 1.82) is 0 Å². The van der Waals surface area contributed by atoms with Crippen molar-refractivity contribution in [1.82, 2.24) is 19.5 Å². The van der Waals surface area contributed by atoms with Crippen molar-refractivity contribution in [2.75, 3.05) is 0 Å². The van der Waals surface area contributed by atoms with Gasteiger partial charge in [-0.2, -0.15) is 0 Å². The van der Waals surface area contributed by atoms with Gasteiger partial charge in [-0.15, -0.1) is 0 Å². The third-order valence-electron chi connectivity index (χ3n) is 10.4. The zero-order chi connectivity index (χ0) is 38.3. The van der Waals surface area contributed by atoms with Crippen LogP contribution in [0.15, 0.2) is 194 Å². The summed E-state index contributed by atoms with van der Waals surface area (Å²) in [5.41, 5.74) is 10.4. The minimum Gasteiger partial charge on any atom is -0.308 e. The zero-order valence-electron chi connectivity index (χ0n) is 30.5. The Balaban J connectivity index is 1.32. The molecule has 0 aliphatic rings. The van der Waals surface area contributed by atoms with Crippen LogP contribution in [0.5, 0.6) is 0 Å². The van der Waals surface area contributed by atoms with E-state index in [1.54, 1.807) is 0 Å². The Labute approximate surface area is 328 Å². The standard InChI is InChI=1S/C51H32F2N4/c52-41-27-40(28-42(53)32-41)39-23-26-45(51-55-49(35-17-9-3-10-18-35)54-50(56-51)36-19-11-4-12-20-36)48(31-39)57-46-29-37(33-13-5-1-6-14-33)21-24-43(46)44-25-22-38(30-47(44)57)34-15-7-2-8-16-34/h1-32H. The summed E-state index contributed by atoms with van der Waals surface area (Å²) in [5, 5.41) is 2.12. The second kappa shape index (κ2) is 14.3. The van der Waals surface area contributed by atoms with Crippen molar-refractivity contribution in [3.05, 3.63) is 206 Å². The van der Waals surface area contributed by atoms with Crippen LogP contribution in [0.4, 0.5) is 8.78 Å². The molecule has 0 fully saturated rings. The molecule has 0 spiro atoms. The molecule has 10 aromatic rings. The number of fused-ring (bicyclic) bond motifs is 3. The molecule has 270 valence electrons. The van der Waals surface area contributed by atoms with Gasteiger partial charge in [0.1, 0.15) is 11.6 Å². The first-order chi connectivity index (χ1) is 28.1.